The maximum Gasteiger partial charge on any atom is 0.356 e. The van der Waals surface area contributed by atoms with E-state index in [1.165, 1.54) is 17.9 Å². The van der Waals surface area contributed by atoms with Crippen LogP contribution in [0.15, 0.2) is 59.2 Å². The topological polar surface area (TPSA) is 93.5 Å². The van der Waals surface area contributed by atoms with E-state index < -0.39 is 11.9 Å². The third-order valence-electron chi connectivity index (χ3n) is 3.78. The normalized spacial score (nSPS) is 10.4. The summed E-state index contributed by atoms with van der Waals surface area (Å²) in [5, 5.41) is 15.7. The number of hydrogen-bond donors (Lipinski definition) is 2. The molecule has 3 aromatic rings. The highest BCUT2D eigenvalue weighted by Crippen LogP contribution is 2.20. The molecule has 1 heterocycles. The van der Waals surface area contributed by atoms with Gasteiger partial charge >= 0.3 is 5.97 Å². The summed E-state index contributed by atoms with van der Waals surface area (Å²) >= 11 is 3.39. The Balaban J connectivity index is 1.71. The van der Waals surface area contributed by atoms with Crippen LogP contribution in [0.25, 0.3) is 0 Å². The maximum absolute atomic E-state index is 12.5. The first-order chi connectivity index (χ1) is 12.9. The van der Waals surface area contributed by atoms with Gasteiger partial charge in [-0.15, -0.1) is 0 Å². The van der Waals surface area contributed by atoms with Gasteiger partial charge in [0.2, 0.25) is 0 Å². The van der Waals surface area contributed by atoms with E-state index in [-0.39, 0.29) is 11.4 Å². The monoisotopic (exact) mass is 429 g/mol. The molecule has 0 unspecified atom stereocenters. The molecule has 0 aliphatic carbocycles. The van der Waals surface area contributed by atoms with Gasteiger partial charge in [-0.05, 0) is 35.9 Å². The molecule has 138 valence electrons. The molecule has 0 bridgehead atoms. The summed E-state index contributed by atoms with van der Waals surface area (Å²) in [4.78, 5) is 23.8. The molecule has 0 saturated heterocycles. The van der Waals surface area contributed by atoms with Gasteiger partial charge in [-0.3, -0.25) is 9.48 Å². The average molecular weight is 430 g/mol. The van der Waals surface area contributed by atoms with Gasteiger partial charge in [0.15, 0.2) is 5.69 Å². The Bertz CT molecular complexity index is 1000. The van der Waals surface area contributed by atoms with E-state index in [9.17, 15) is 14.7 Å². The molecule has 0 radical (unpaired) electrons. The molecule has 8 heteroatoms. The molecule has 0 fully saturated rings. The molecule has 0 saturated carbocycles. The highest BCUT2D eigenvalue weighted by atomic mass is 79.9. The largest absolute Gasteiger partial charge is 0.489 e. The zero-order chi connectivity index (χ0) is 19.4. The number of aryl methyl sites for hydroxylation is 1. The Hall–Kier alpha value is -3.13. The van der Waals surface area contributed by atoms with Gasteiger partial charge in [0, 0.05) is 17.1 Å². The molecule has 1 amide bonds. The highest BCUT2D eigenvalue weighted by molar-refractivity contribution is 9.10. The van der Waals surface area contributed by atoms with E-state index in [0.29, 0.717) is 17.9 Å². The first kappa shape index (κ1) is 18.7. The van der Waals surface area contributed by atoms with Gasteiger partial charge in [-0.2, -0.15) is 5.10 Å². The van der Waals surface area contributed by atoms with Crippen LogP contribution >= 0.6 is 15.9 Å². The van der Waals surface area contributed by atoms with Crippen molar-refractivity contribution >= 4 is 33.5 Å². The molecule has 0 atom stereocenters. The molecule has 1 aromatic heterocycles. The smallest absolute Gasteiger partial charge is 0.356 e. The minimum Gasteiger partial charge on any atom is -0.489 e. The first-order valence-corrected chi connectivity index (χ1v) is 8.77. The zero-order valence-corrected chi connectivity index (χ0v) is 15.9. The fourth-order valence-corrected chi connectivity index (χ4v) is 2.88. The highest BCUT2D eigenvalue weighted by Gasteiger charge is 2.18. The van der Waals surface area contributed by atoms with Gasteiger partial charge < -0.3 is 15.2 Å². The number of carbonyl (C=O) groups is 2. The molecule has 0 aliphatic heterocycles. The van der Waals surface area contributed by atoms with Crippen LogP contribution in [0, 0.1) is 0 Å². The molecular formula is C19H16BrN3O4. The molecule has 27 heavy (non-hydrogen) atoms. The van der Waals surface area contributed by atoms with Crippen molar-refractivity contribution in [1.29, 1.82) is 0 Å². The fraction of sp³-hybridized carbons (Fsp3) is 0.105. The van der Waals surface area contributed by atoms with Crippen LogP contribution in [0.5, 0.6) is 5.75 Å². The number of benzene rings is 2. The molecule has 0 aliphatic rings. The number of aromatic carboxylic acids is 1. The average Bonchev–Trinajstić information content (AvgIpc) is 3.00. The number of carboxylic acids is 1. The lowest BCUT2D eigenvalue weighted by Gasteiger charge is -2.09. The number of hydrogen-bond acceptors (Lipinski definition) is 4. The summed E-state index contributed by atoms with van der Waals surface area (Å²) in [6, 6.07) is 14.4. The minimum absolute atomic E-state index is 0.0857. The number of nitrogens with zero attached hydrogens (tertiary/aromatic N) is 2. The number of carboxylic acid groups (broad SMARTS) is 1. The van der Waals surface area contributed by atoms with E-state index >= 15 is 0 Å². The van der Waals surface area contributed by atoms with Crippen LogP contribution in [0.4, 0.5) is 5.69 Å². The van der Waals surface area contributed by atoms with Crippen molar-refractivity contribution in [3.8, 4) is 5.75 Å². The van der Waals surface area contributed by atoms with Crippen molar-refractivity contribution in [3.63, 3.8) is 0 Å². The Morgan fingerprint density at radius 3 is 2.74 bits per heavy atom. The maximum atomic E-state index is 12.5. The van der Waals surface area contributed by atoms with Gasteiger partial charge in [0.05, 0.1) is 11.9 Å². The standard InChI is InChI=1S/C19H16BrN3O4/c1-23-17(19(25)26)16(10-21-23)22-18(24)13-5-2-4-12(8-13)11-27-15-7-3-6-14(20)9-15/h2-10H,11H2,1H3,(H,22,24)(H,25,26). The number of nitrogens with one attached hydrogen (secondary N) is 1. The van der Waals surface area contributed by atoms with Crippen molar-refractivity contribution in [1.82, 2.24) is 9.78 Å². The van der Waals surface area contributed by atoms with Crippen molar-refractivity contribution in [3.05, 3.63) is 76.0 Å². The van der Waals surface area contributed by atoms with Crippen LogP contribution < -0.4 is 10.1 Å². The predicted molar refractivity (Wildman–Crippen MR) is 103 cm³/mol. The number of aromatic nitrogens is 2. The van der Waals surface area contributed by atoms with Crippen LogP contribution in [0.3, 0.4) is 0 Å². The lowest BCUT2D eigenvalue weighted by atomic mass is 10.1. The van der Waals surface area contributed by atoms with Crippen LogP contribution in [0.1, 0.15) is 26.4 Å². The van der Waals surface area contributed by atoms with Gasteiger partial charge in [-0.1, -0.05) is 34.1 Å². The number of anilines is 1. The molecule has 3 rings (SSSR count). The molecular weight excluding hydrogens is 414 g/mol. The predicted octanol–water partition coefficient (Wildman–Crippen LogP) is 3.71. The summed E-state index contributed by atoms with van der Waals surface area (Å²) in [5.74, 6) is -0.878. The number of ether oxygens (including phenoxy) is 1. The van der Waals surface area contributed by atoms with Crippen LogP contribution in [-0.2, 0) is 13.7 Å². The second kappa shape index (κ2) is 8.05. The molecule has 2 N–H and O–H groups in total. The second-order valence-electron chi connectivity index (χ2n) is 5.74. The number of carbonyl (C=O) groups excluding carboxylic acids is 1. The fourth-order valence-electron chi connectivity index (χ4n) is 2.50. The second-order valence-corrected chi connectivity index (χ2v) is 6.65. The number of amides is 1. The van der Waals surface area contributed by atoms with Crippen LogP contribution in [-0.4, -0.2) is 26.8 Å². The van der Waals surface area contributed by atoms with Crippen molar-refractivity contribution in [2.45, 2.75) is 6.61 Å². The van der Waals surface area contributed by atoms with E-state index in [0.717, 1.165) is 10.0 Å². The molecule has 0 spiro atoms. The number of rotatable bonds is 6. The Labute approximate surface area is 163 Å². The molecule has 2 aromatic carbocycles. The van der Waals surface area contributed by atoms with Gasteiger partial charge in [0.1, 0.15) is 12.4 Å². The summed E-state index contributed by atoms with van der Waals surface area (Å²) in [7, 11) is 1.50. The first-order valence-electron chi connectivity index (χ1n) is 7.98. The Kier molecular flexibility index (Phi) is 5.56. The Morgan fingerprint density at radius 1 is 1.22 bits per heavy atom. The number of halogens is 1. The third-order valence-corrected chi connectivity index (χ3v) is 4.27. The SMILES string of the molecule is Cn1ncc(NC(=O)c2cccc(COc3cccc(Br)c3)c2)c1C(=O)O. The third kappa shape index (κ3) is 4.53. The van der Waals surface area contributed by atoms with E-state index in [4.69, 9.17) is 4.74 Å². The summed E-state index contributed by atoms with van der Waals surface area (Å²) in [5.41, 5.74) is 1.26. The lowest BCUT2D eigenvalue weighted by Crippen LogP contribution is -2.15. The lowest BCUT2D eigenvalue weighted by molar-refractivity contribution is 0.0686. The Morgan fingerprint density at radius 2 is 2.00 bits per heavy atom. The summed E-state index contributed by atoms with van der Waals surface area (Å²) in [6.45, 7) is 0.296. The minimum atomic E-state index is -1.17. The van der Waals surface area contributed by atoms with Gasteiger partial charge in [-0.25, -0.2) is 4.79 Å². The van der Waals surface area contributed by atoms with E-state index in [1.807, 2.05) is 30.3 Å². The zero-order valence-electron chi connectivity index (χ0n) is 14.3. The van der Waals surface area contributed by atoms with Crippen molar-refractivity contribution in [2.24, 2.45) is 7.05 Å². The van der Waals surface area contributed by atoms with Crippen LogP contribution in [0.2, 0.25) is 0 Å². The quantitative estimate of drug-likeness (QED) is 0.622. The van der Waals surface area contributed by atoms with Gasteiger partial charge in [0.25, 0.3) is 5.91 Å². The van der Waals surface area contributed by atoms with Crippen molar-refractivity contribution < 1.29 is 19.4 Å². The van der Waals surface area contributed by atoms with Crippen molar-refractivity contribution in [2.75, 3.05) is 5.32 Å². The molecule has 7 nitrogen and oxygen atoms in total. The van der Waals surface area contributed by atoms with E-state index in [2.05, 4.69) is 26.3 Å². The van der Waals surface area contributed by atoms with E-state index in [1.54, 1.807) is 18.2 Å². The summed E-state index contributed by atoms with van der Waals surface area (Å²) < 4.78 is 7.84. The summed E-state index contributed by atoms with van der Waals surface area (Å²) in [6.07, 6.45) is 1.31.